The number of nitrogens with one attached hydrogen (secondary N) is 1. The van der Waals surface area contributed by atoms with Crippen molar-refractivity contribution in [3.8, 4) is 5.75 Å². The molecule has 106 valence electrons. The third kappa shape index (κ3) is 4.87. The zero-order valence-corrected chi connectivity index (χ0v) is 11.4. The zero-order valence-electron chi connectivity index (χ0n) is 11.4. The third-order valence-electron chi connectivity index (χ3n) is 2.54. The van der Waals surface area contributed by atoms with Crippen LogP contribution in [0.5, 0.6) is 5.75 Å². The first-order valence-electron chi connectivity index (χ1n) is 6.27. The summed E-state index contributed by atoms with van der Waals surface area (Å²) < 4.78 is 18.9. The van der Waals surface area contributed by atoms with E-state index in [2.05, 4.69) is 5.32 Å². The average Bonchev–Trinajstić information content (AvgIpc) is 2.37. The van der Waals surface area contributed by atoms with Crippen molar-refractivity contribution in [2.45, 2.75) is 33.5 Å². The van der Waals surface area contributed by atoms with Gasteiger partial charge in [0.1, 0.15) is 0 Å². The average molecular weight is 269 g/mol. The molecule has 0 bridgehead atoms. The first kappa shape index (κ1) is 15.4. The molecule has 1 aromatic carbocycles. The van der Waals surface area contributed by atoms with E-state index in [1.165, 1.54) is 12.1 Å². The number of carbonyl (C=O) groups is 1. The lowest BCUT2D eigenvalue weighted by atomic mass is 10.2. The maximum absolute atomic E-state index is 13.6. The molecule has 0 saturated carbocycles. The molecule has 2 N–H and O–H groups in total. The van der Waals surface area contributed by atoms with Gasteiger partial charge in [0.25, 0.3) is 5.91 Å². The maximum atomic E-state index is 13.6. The van der Waals surface area contributed by atoms with Crippen molar-refractivity contribution in [1.82, 2.24) is 5.32 Å². The predicted molar refractivity (Wildman–Crippen MR) is 70.3 cm³/mol. The highest BCUT2D eigenvalue weighted by Gasteiger charge is 2.16. The van der Waals surface area contributed by atoms with Crippen LogP contribution in [-0.2, 0) is 11.4 Å². The molecule has 0 aliphatic carbocycles. The second kappa shape index (κ2) is 7.09. The molecule has 0 saturated heterocycles. The second-order valence-corrected chi connectivity index (χ2v) is 4.82. The standard InChI is InChI=1S/C14H20FNO3/c1-9(2)7-16-14(18)10(3)19-13-5-4-11(8-17)6-12(13)15/h4-6,9-10,17H,7-8H2,1-3H3,(H,16,18). The largest absolute Gasteiger partial charge is 0.478 e. The normalized spacial score (nSPS) is 12.3. The summed E-state index contributed by atoms with van der Waals surface area (Å²) in [6.45, 7) is 5.85. The second-order valence-electron chi connectivity index (χ2n) is 4.82. The molecule has 1 aromatic rings. The lowest BCUT2D eigenvalue weighted by Crippen LogP contribution is -2.38. The summed E-state index contributed by atoms with van der Waals surface area (Å²) in [7, 11) is 0. The Morgan fingerprint density at radius 1 is 1.42 bits per heavy atom. The van der Waals surface area contributed by atoms with E-state index in [1.807, 2.05) is 13.8 Å². The molecule has 1 unspecified atom stereocenters. The molecule has 0 aliphatic heterocycles. The minimum Gasteiger partial charge on any atom is -0.478 e. The number of hydrogen-bond donors (Lipinski definition) is 2. The first-order chi connectivity index (χ1) is 8.93. The summed E-state index contributed by atoms with van der Waals surface area (Å²) in [6, 6.07) is 4.15. The quantitative estimate of drug-likeness (QED) is 0.828. The smallest absolute Gasteiger partial charge is 0.260 e. The highest BCUT2D eigenvalue weighted by atomic mass is 19.1. The van der Waals surface area contributed by atoms with E-state index < -0.39 is 11.9 Å². The van der Waals surface area contributed by atoms with Crippen LogP contribution in [0.15, 0.2) is 18.2 Å². The number of carbonyl (C=O) groups excluding carboxylic acids is 1. The Morgan fingerprint density at radius 3 is 2.63 bits per heavy atom. The number of ether oxygens (including phenoxy) is 1. The minimum atomic E-state index is -0.770. The summed E-state index contributed by atoms with van der Waals surface area (Å²) in [5, 5.41) is 11.6. The molecule has 0 spiro atoms. The molecule has 0 fully saturated rings. The van der Waals surface area contributed by atoms with E-state index in [9.17, 15) is 9.18 Å². The van der Waals surface area contributed by atoms with Gasteiger partial charge in [-0.15, -0.1) is 0 Å². The fraction of sp³-hybridized carbons (Fsp3) is 0.500. The van der Waals surface area contributed by atoms with E-state index in [0.29, 0.717) is 18.0 Å². The number of benzene rings is 1. The topological polar surface area (TPSA) is 58.6 Å². The van der Waals surface area contributed by atoms with Gasteiger partial charge in [0.05, 0.1) is 6.61 Å². The molecule has 1 rings (SSSR count). The van der Waals surface area contributed by atoms with E-state index >= 15 is 0 Å². The van der Waals surface area contributed by atoms with Crippen LogP contribution in [0.4, 0.5) is 4.39 Å². The van der Waals surface area contributed by atoms with Crippen molar-refractivity contribution in [1.29, 1.82) is 0 Å². The summed E-state index contributed by atoms with van der Waals surface area (Å²) >= 11 is 0. The van der Waals surface area contributed by atoms with Gasteiger partial charge < -0.3 is 15.2 Å². The zero-order chi connectivity index (χ0) is 14.4. The molecule has 19 heavy (non-hydrogen) atoms. The molecule has 0 aromatic heterocycles. The van der Waals surface area contributed by atoms with Crippen molar-refractivity contribution < 1.29 is 19.0 Å². The van der Waals surface area contributed by atoms with E-state index in [1.54, 1.807) is 13.0 Å². The van der Waals surface area contributed by atoms with Crippen LogP contribution < -0.4 is 10.1 Å². The highest BCUT2D eigenvalue weighted by molar-refractivity contribution is 5.80. The minimum absolute atomic E-state index is 0.00407. The lowest BCUT2D eigenvalue weighted by molar-refractivity contribution is -0.127. The number of halogens is 1. The van der Waals surface area contributed by atoms with E-state index in [-0.39, 0.29) is 18.3 Å². The molecule has 0 radical (unpaired) electrons. The Kier molecular flexibility index (Phi) is 5.76. The molecule has 5 heteroatoms. The third-order valence-corrected chi connectivity index (χ3v) is 2.54. The van der Waals surface area contributed by atoms with E-state index in [0.717, 1.165) is 0 Å². The fourth-order valence-electron chi connectivity index (χ4n) is 1.43. The van der Waals surface area contributed by atoms with Crippen LogP contribution in [0.1, 0.15) is 26.3 Å². The number of amides is 1. The monoisotopic (exact) mass is 269 g/mol. The number of hydrogen-bond acceptors (Lipinski definition) is 3. The van der Waals surface area contributed by atoms with Crippen molar-refractivity contribution >= 4 is 5.91 Å². The Morgan fingerprint density at radius 2 is 2.11 bits per heavy atom. The Labute approximate surface area is 112 Å². The molecule has 0 heterocycles. The molecule has 4 nitrogen and oxygen atoms in total. The van der Waals surface area contributed by atoms with Crippen molar-refractivity contribution in [3.05, 3.63) is 29.6 Å². The van der Waals surface area contributed by atoms with Gasteiger partial charge in [0.2, 0.25) is 0 Å². The van der Waals surface area contributed by atoms with Gasteiger partial charge in [-0.1, -0.05) is 19.9 Å². The summed E-state index contributed by atoms with van der Waals surface area (Å²) in [6.07, 6.45) is -0.770. The number of rotatable bonds is 6. The van der Waals surface area contributed by atoms with Gasteiger partial charge in [0.15, 0.2) is 17.7 Å². The Bertz CT molecular complexity index is 435. The Balaban J connectivity index is 2.61. The molecular weight excluding hydrogens is 249 g/mol. The SMILES string of the molecule is CC(C)CNC(=O)C(C)Oc1ccc(CO)cc1F. The van der Waals surface area contributed by atoms with Gasteiger partial charge >= 0.3 is 0 Å². The lowest BCUT2D eigenvalue weighted by Gasteiger charge is -2.16. The fourth-order valence-corrected chi connectivity index (χ4v) is 1.43. The van der Waals surface area contributed by atoms with Crippen LogP contribution in [-0.4, -0.2) is 23.7 Å². The summed E-state index contributed by atoms with van der Waals surface area (Å²) in [5.41, 5.74) is 0.460. The summed E-state index contributed by atoms with van der Waals surface area (Å²) in [4.78, 5) is 11.7. The highest BCUT2D eigenvalue weighted by Crippen LogP contribution is 2.19. The Hall–Kier alpha value is -1.62. The molecule has 1 atom stereocenters. The van der Waals surface area contributed by atoms with E-state index in [4.69, 9.17) is 9.84 Å². The van der Waals surface area contributed by atoms with Crippen LogP contribution in [0, 0.1) is 11.7 Å². The van der Waals surface area contributed by atoms with Crippen LogP contribution >= 0.6 is 0 Å². The molecule has 0 aliphatic rings. The van der Waals surface area contributed by atoms with Crippen LogP contribution in [0.2, 0.25) is 0 Å². The molecular formula is C14H20FNO3. The van der Waals surface area contributed by atoms with Gasteiger partial charge in [0, 0.05) is 6.54 Å². The maximum Gasteiger partial charge on any atom is 0.260 e. The summed E-state index contributed by atoms with van der Waals surface area (Å²) in [5.74, 6) is -0.518. The van der Waals surface area contributed by atoms with Crippen LogP contribution in [0.25, 0.3) is 0 Å². The van der Waals surface area contributed by atoms with Crippen molar-refractivity contribution in [2.75, 3.05) is 6.54 Å². The van der Waals surface area contributed by atoms with Crippen molar-refractivity contribution in [2.24, 2.45) is 5.92 Å². The van der Waals surface area contributed by atoms with Gasteiger partial charge in [-0.05, 0) is 30.5 Å². The van der Waals surface area contributed by atoms with Gasteiger partial charge in [-0.3, -0.25) is 4.79 Å². The van der Waals surface area contributed by atoms with Gasteiger partial charge in [-0.25, -0.2) is 4.39 Å². The number of aliphatic hydroxyl groups is 1. The van der Waals surface area contributed by atoms with Crippen LogP contribution in [0.3, 0.4) is 0 Å². The number of aliphatic hydroxyl groups excluding tert-OH is 1. The van der Waals surface area contributed by atoms with Crippen molar-refractivity contribution in [3.63, 3.8) is 0 Å². The predicted octanol–water partition coefficient (Wildman–Crippen LogP) is 1.86. The molecule has 1 amide bonds. The van der Waals surface area contributed by atoms with Gasteiger partial charge in [-0.2, -0.15) is 0 Å². The first-order valence-corrected chi connectivity index (χ1v) is 6.27.